The Bertz CT molecular complexity index is 283. The molecule has 20 heavy (non-hydrogen) atoms. The highest BCUT2D eigenvalue weighted by molar-refractivity contribution is 6.83. The summed E-state index contributed by atoms with van der Waals surface area (Å²) in [4.78, 5) is 0. The van der Waals surface area contributed by atoms with Crippen LogP contribution in [0.15, 0.2) is 11.8 Å². The van der Waals surface area contributed by atoms with E-state index in [0.717, 1.165) is 6.42 Å². The first-order valence-electron chi connectivity index (χ1n) is 8.38. The molecule has 118 valence electrons. The van der Waals surface area contributed by atoms with Gasteiger partial charge in [0.15, 0.2) is 6.29 Å². The molecule has 0 N–H and O–H groups in total. The molecule has 3 heteroatoms. The van der Waals surface area contributed by atoms with Crippen LogP contribution >= 0.6 is 0 Å². The quantitative estimate of drug-likeness (QED) is 0.424. The van der Waals surface area contributed by atoms with Crippen LogP contribution in [0.2, 0.25) is 19.6 Å². The third-order valence-electron chi connectivity index (χ3n) is 4.19. The Balaban J connectivity index is 2.22. The van der Waals surface area contributed by atoms with Crippen LogP contribution in [-0.4, -0.2) is 27.1 Å². The van der Waals surface area contributed by atoms with Crippen molar-refractivity contribution in [3.8, 4) is 0 Å². The van der Waals surface area contributed by atoms with Gasteiger partial charge in [0.2, 0.25) is 0 Å². The lowest BCUT2D eigenvalue weighted by atomic mass is 10.0. The van der Waals surface area contributed by atoms with Crippen molar-refractivity contribution in [1.29, 1.82) is 0 Å². The first kappa shape index (κ1) is 17.9. The third kappa shape index (κ3) is 7.05. The highest BCUT2D eigenvalue weighted by atomic mass is 28.3. The smallest absolute Gasteiger partial charge is 0.158 e. The van der Waals surface area contributed by atoms with Gasteiger partial charge in [-0.1, -0.05) is 57.4 Å². The van der Waals surface area contributed by atoms with E-state index >= 15 is 0 Å². The maximum atomic E-state index is 6.08. The van der Waals surface area contributed by atoms with E-state index in [1.54, 1.807) is 0 Å². The molecular formula is C17H34O2Si. The summed E-state index contributed by atoms with van der Waals surface area (Å²) in [7, 11) is -1.27. The largest absolute Gasteiger partial charge is 0.349 e. The van der Waals surface area contributed by atoms with Crippen LogP contribution in [-0.2, 0) is 9.47 Å². The molecule has 0 bridgehead atoms. The van der Waals surface area contributed by atoms with E-state index in [4.69, 9.17) is 9.47 Å². The van der Waals surface area contributed by atoms with Crippen molar-refractivity contribution in [3.63, 3.8) is 0 Å². The van der Waals surface area contributed by atoms with Gasteiger partial charge in [-0.2, -0.15) is 0 Å². The topological polar surface area (TPSA) is 18.5 Å². The van der Waals surface area contributed by atoms with Gasteiger partial charge in [-0.25, -0.2) is 0 Å². The Kier molecular flexibility index (Phi) is 8.08. The Hall–Kier alpha value is -0.123. The lowest BCUT2D eigenvalue weighted by Crippen LogP contribution is -2.33. The fourth-order valence-corrected chi connectivity index (χ4v) is 2.92. The second-order valence-electron chi connectivity index (χ2n) is 7.13. The van der Waals surface area contributed by atoms with E-state index in [2.05, 4.69) is 33.1 Å². The van der Waals surface area contributed by atoms with E-state index in [0.29, 0.717) is 12.7 Å². The molecule has 0 unspecified atom stereocenters. The van der Waals surface area contributed by atoms with Crippen LogP contribution in [0, 0.1) is 0 Å². The highest BCUT2D eigenvalue weighted by Crippen LogP contribution is 2.24. The molecule has 2 nitrogen and oxygen atoms in total. The molecule has 1 aliphatic rings. The van der Waals surface area contributed by atoms with Crippen molar-refractivity contribution < 1.29 is 9.47 Å². The molecule has 0 radical (unpaired) electrons. The number of unbranched alkanes of at least 4 members (excludes halogenated alkanes) is 3. The maximum Gasteiger partial charge on any atom is 0.158 e. The zero-order valence-electron chi connectivity index (χ0n) is 14.0. The Morgan fingerprint density at radius 1 is 1.20 bits per heavy atom. The lowest BCUT2D eigenvalue weighted by Gasteiger charge is -2.31. The summed E-state index contributed by atoms with van der Waals surface area (Å²) in [5.41, 5.74) is 0. The minimum absolute atomic E-state index is 0.00743. The SMILES string of the molecule is C=C(CO[C@@H]1CCC[C@H](CCCCCC)O1)[Si](C)(C)C. The van der Waals surface area contributed by atoms with Gasteiger partial charge in [0.1, 0.15) is 0 Å². The average molecular weight is 299 g/mol. The standard InChI is InChI=1S/C17H34O2Si/c1-6-7-8-9-11-16-12-10-13-17(19-16)18-14-15(2)20(3,4)5/h16-17H,2,6-14H2,1,3-5H3/t16-,17-/m0/s1. The summed E-state index contributed by atoms with van der Waals surface area (Å²) in [6.45, 7) is 14.1. The molecule has 0 aromatic rings. The molecule has 1 rings (SSSR count). The van der Waals surface area contributed by atoms with Gasteiger partial charge in [-0.05, 0) is 25.7 Å². The van der Waals surface area contributed by atoms with E-state index in [1.807, 2.05) is 0 Å². The van der Waals surface area contributed by atoms with Gasteiger partial charge < -0.3 is 9.47 Å². The average Bonchev–Trinajstić information content (AvgIpc) is 2.40. The predicted molar refractivity (Wildman–Crippen MR) is 89.7 cm³/mol. The second-order valence-corrected chi connectivity index (χ2v) is 12.3. The van der Waals surface area contributed by atoms with Crippen LogP contribution in [0.4, 0.5) is 0 Å². The van der Waals surface area contributed by atoms with E-state index in [1.165, 1.54) is 50.1 Å². The minimum atomic E-state index is -1.27. The first-order chi connectivity index (χ1) is 9.43. The molecule has 1 heterocycles. The van der Waals surface area contributed by atoms with Crippen molar-refractivity contribution in [1.82, 2.24) is 0 Å². The van der Waals surface area contributed by atoms with Crippen LogP contribution in [0.3, 0.4) is 0 Å². The van der Waals surface area contributed by atoms with E-state index in [-0.39, 0.29) is 6.29 Å². The second kappa shape index (κ2) is 9.01. The molecule has 1 aliphatic heterocycles. The first-order valence-corrected chi connectivity index (χ1v) is 11.9. The van der Waals surface area contributed by atoms with Crippen molar-refractivity contribution in [3.05, 3.63) is 11.8 Å². The molecule has 1 fully saturated rings. The van der Waals surface area contributed by atoms with Gasteiger partial charge in [0.25, 0.3) is 0 Å². The lowest BCUT2D eigenvalue weighted by molar-refractivity contribution is -0.190. The van der Waals surface area contributed by atoms with Crippen LogP contribution in [0.5, 0.6) is 0 Å². The molecule has 0 spiro atoms. The Morgan fingerprint density at radius 2 is 1.95 bits per heavy atom. The summed E-state index contributed by atoms with van der Waals surface area (Å²) in [6.07, 6.45) is 10.4. The van der Waals surface area contributed by atoms with Crippen LogP contribution in [0.25, 0.3) is 0 Å². The fraction of sp³-hybridized carbons (Fsp3) is 0.882. The van der Waals surface area contributed by atoms with Gasteiger partial charge in [-0.15, -0.1) is 6.58 Å². The Morgan fingerprint density at radius 3 is 2.60 bits per heavy atom. The molecule has 0 aromatic carbocycles. The monoisotopic (exact) mass is 298 g/mol. The molecule has 0 aliphatic carbocycles. The molecule has 0 saturated carbocycles. The molecular weight excluding hydrogens is 264 g/mol. The zero-order valence-corrected chi connectivity index (χ0v) is 15.0. The van der Waals surface area contributed by atoms with Crippen LogP contribution < -0.4 is 0 Å². The van der Waals surface area contributed by atoms with E-state index < -0.39 is 8.07 Å². The number of hydrogen-bond donors (Lipinski definition) is 0. The van der Waals surface area contributed by atoms with Gasteiger partial charge in [-0.3, -0.25) is 0 Å². The highest BCUT2D eigenvalue weighted by Gasteiger charge is 2.24. The predicted octanol–water partition coefficient (Wildman–Crippen LogP) is 5.30. The van der Waals surface area contributed by atoms with Gasteiger partial charge >= 0.3 is 0 Å². The summed E-state index contributed by atoms with van der Waals surface area (Å²) < 4.78 is 12.0. The third-order valence-corrected chi connectivity index (χ3v) is 6.46. The summed E-state index contributed by atoms with van der Waals surface area (Å²) in [6, 6.07) is 0. The molecule has 2 atom stereocenters. The van der Waals surface area contributed by atoms with Gasteiger partial charge in [0.05, 0.1) is 20.8 Å². The zero-order chi connectivity index (χ0) is 15.0. The van der Waals surface area contributed by atoms with Gasteiger partial charge in [0, 0.05) is 0 Å². The minimum Gasteiger partial charge on any atom is -0.349 e. The summed E-state index contributed by atoms with van der Waals surface area (Å²) in [5.74, 6) is 0. The van der Waals surface area contributed by atoms with Crippen molar-refractivity contribution in [2.45, 2.75) is 90.3 Å². The normalized spacial score (nSPS) is 23.8. The van der Waals surface area contributed by atoms with E-state index in [9.17, 15) is 0 Å². The summed E-state index contributed by atoms with van der Waals surface area (Å²) in [5, 5.41) is 1.28. The number of ether oxygens (including phenoxy) is 2. The fourth-order valence-electron chi connectivity index (χ4n) is 2.41. The van der Waals surface area contributed by atoms with Crippen molar-refractivity contribution in [2.75, 3.05) is 6.61 Å². The molecule has 0 aromatic heterocycles. The van der Waals surface area contributed by atoms with Crippen molar-refractivity contribution >= 4 is 8.07 Å². The van der Waals surface area contributed by atoms with Crippen molar-refractivity contribution in [2.24, 2.45) is 0 Å². The maximum absolute atomic E-state index is 6.08. The number of hydrogen-bond acceptors (Lipinski definition) is 2. The summed E-state index contributed by atoms with van der Waals surface area (Å²) >= 11 is 0. The molecule has 0 amide bonds. The number of rotatable bonds is 9. The Labute approximate surface area is 126 Å². The molecule has 1 saturated heterocycles. The van der Waals surface area contributed by atoms with Crippen LogP contribution in [0.1, 0.15) is 58.3 Å².